The Hall–Kier alpha value is -2.50. The van der Waals surface area contributed by atoms with Crippen molar-refractivity contribution in [2.24, 2.45) is 0 Å². The number of nitrogens with one attached hydrogen (secondary N) is 1. The minimum absolute atomic E-state index is 0.270. The first-order chi connectivity index (χ1) is 9.20. The quantitative estimate of drug-likeness (QED) is 0.638. The molecule has 1 N–H and O–H groups in total. The number of rotatable bonds is 2. The van der Waals surface area contributed by atoms with E-state index < -0.39 is 6.04 Å². The molecule has 1 aliphatic heterocycles. The number of hydrogen-bond donors (Lipinski definition) is 1. The molecule has 2 heterocycles. The van der Waals surface area contributed by atoms with Gasteiger partial charge in [-0.15, -0.1) is 0 Å². The van der Waals surface area contributed by atoms with E-state index in [0.29, 0.717) is 23.8 Å². The van der Waals surface area contributed by atoms with Gasteiger partial charge in [0.1, 0.15) is 11.7 Å². The first-order valence-electron chi connectivity index (χ1n) is 5.97. The predicted molar refractivity (Wildman–Crippen MR) is 66.5 cm³/mol. The number of amides is 2. The third kappa shape index (κ3) is 1.81. The predicted octanol–water partition coefficient (Wildman–Crippen LogP) is 0.826. The number of fused-ring (bicyclic) bond motifs is 1. The maximum Gasteiger partial charge on any atom is 0.251 e. The summed E-state index contributed by atoms with van der Waals surface area (Å²) < 4.78 is 1.53. The second kappa shape index (κ2) is 4.31. The molecule has 2 aromatic rings. The van der Waals surface area contributed by atoms with E-state index >= 15 is 0 Å². The molecule has 3 rings (SSSR count). The van der Waals surface area contributed by atoms with E-state index in [1.165, 1.54) is 4.68 Å². The van der Waals surface area contributed by atoms with E-state index in [1.54, 1.807) is 12.1 Å². The summed E-state index contributed by atoms with van der Waals surface area (Å²) in [6.45, 7) is 0. The lowest BCUT2D eigenvalue weighted by Crippen LogP contribution is -2.42. The summed E-state index contributed by atoms with van der Waals surface area (Å²) in [4.78, 5) is 34.0. The Morgan fingerprint density at radius 3 is 2.84 bits per heavy atom. The molecule has 6 heteroatoms. The average Bonchev–Trinajstić information content (AvgIpc) is 2.78. The Kier molecular flexibility index (Phi) is 2.63. The summed E-state index contributed by atoms with van der Waals surface area (Å²) in [5, 5.41) is 7.19. The van der Waals surface area contributed by atoms with Gasteiger partial charge in [-0.2, -0.15) is 5.10 Å². The minimum atomic E-state index is -0.545. The lowest BCUT2D eigenvalue weighted by molar-refractivity contribution is -0.135. The number of nitrogens with zero attached hydrogens (tertiary/aromatic N) is 2. The van der Waals surface area contributed by atoms with Gasteiger partial charge in [0.15, 0.2) is 6.29 Å². The minimum Gasteiger partial charge on any atom is -0.296 e. The van der Waals surface area contributed by atoms with Crippen molar-refractivity contribution in [3.63, 3.8) is 0 Å². The van der Waals surface area contributed by atoms with Crippen LogP contribution in [0.1, 0.15) is 29.4 Å². The van der Waals surface area contributed by atoms with E-state index in [1.807, 2.05) is 12.1 Å². The van der Waals surface area contributed by atoms with Crippen molar-refractivity contribution in [1.82, 2.24) is 15.1 Å². The molecule has 6 nitrogen and oxygen atoms in total. The fourth-order valence-electron chi connectivity index (χ4n) is 2.35. The van der Waals surface area contributed by atoms with Gasteiger partial charge in [0.2, 0.25) is 5.91 Å². The lowest BCUT2D eigenvalue weighted by Gasteiger charge is -2.21. The topological polar surface area (TPSA) is 81.1 Å². The van der Waals surface area contributed by atoms with Crippen LogP contribution >= 0.6 is 0 Å². The van der Waals surface area contributed by atoms with E-state index in [2.05, 4.69) is 10.4 Å². The van der Waals surface area contributed by atoms with E-state index in [9.17, 15) is 14.4 Å². The maximum absolute atomic E-state index is 11.9. The number of aldehydes is 1. The lowest BCUT2D eigenvalue weighted by atomic mass is 10.1. The molecule has 1 aromatic heterocycles. The second-order valence-electron chi connectivity index (χ2n) is 4.43. The van der Waals surface area contributed by atoms with E-state index in [0.717, 1.165) is 5.52 Å². The molecule has 1 saturated heterocycles. The Morgan fingerprint density at radius 1 is 1.32 bits per heavy atom. The molecule has 0 radical (unpaired) electrons. The fraction of sp³-hybridized carbons (Fsp3) is 0.231. The highest BCUT2D eigenvalue weighted by atomic mass is 16.2. The number of carbonyl (C=O) groups excluding carboxylic acids is 3. The van der Waals surface area contributed by atoms with Crippen molar-refractivity contribution in [3.8, 4) is 0 Å². The molecule has 1 fully saturated rings. The zero-order valence-corrected chi connectivity index (χ0v) is 10.00. The van der Waals surface area contributed by atoms with Gasteiger partial charge in [-0.3, -0.25) is 24.4 Å². The molecular weight excluding hydrogens is 246 g/mol. The summed E-state index contributed by atoms with van der Waals surface area (Å²) in [6, 6.07) is 6.68. The van der Waals surface area contributed by atoms with Crippen LogP contribution in [-0.2, 0) is 9.59 Å². The summed E-state index contributed by atoms with van der Waals surface area (Å²) in [5.74, 6) is -0.643. The number of hydrogen-bond acceptors (Lipinski definition) is 4. The van der Waals surface area contributed by atoms with Gasteiger partial charge < -0.3 is 0 Å². The smallest absolute Gasteiger partial charge is 0.251 e. The van der Waals surface area contributed by atoms with Crippen LogP contribution in [0.25, 0.3) is 10.9 Å². The zero-order valence-electron chi connectivity index (χ0n) is 10.00. The SMILES string of the molecule is O=Cc1nn(C2CCC(=O)NC2=O)c2ccccc12. The van der Waals surface area contributed by atoms with Crippen molar-refractivity contribution >= 4 is 29.0 Å². The maximum atomic E-state index is 11.9. The molecule has 1 aromatic carbocycles. The highest BCUT2D eigenvalue weighted by Gasteiger charge is 2.30. The average molecular weight is 257 g/mol. The molecule has 0 bridgehead atoms. The van der Waals surface area contributed by atoms with Crippen LogP contribution in [0.4, 0.5) is 0 Å². The Bertz CT molecular complexity index is 689. The van der Waals surface area contributed by atoms with Gasteiger partial charge in [-0.1, -0.05) is 18.2 Å². The zero-order chi connectivity index (χ0) is 13.4. The van der Waals surface area contributed by atoms with Crippen molar-refractivity contribution in [3.05, 3.63) is 30.0 Å². The van der Waals surface area contributed by atoms with E-state index in [-0.39, 0.29) is 18.2 Å². The van der Waals surface area contributed by atoms with Gasteiger partial charge in [0, 0.05) is 11.8 Å². The van der Waals surface area contributed by atoms with Crippen molar-refractivity contribution in [2.45, 2.75) is 18.9 Å². The fourth-order valence-corrected chi connectivity index (χ4v) is 2.35. The largest absolute Gasteiger partial charge is 0.296 e. The number of carbonyl (C=O) groups is 3. The molecule has 0 aliphatic carbocycles. The van der Waals surface area contributed by atoms with Gasteiger partial charge in [-0.25, -0.2) is 0 Å². The Morgan fingerprint density at radius 2 is 2.11 bits per heavy atom. The van der Waals surface area contributed by atoms with Crippen LogP contribution in [0.2, 0.25) is 0 Å². The van der Waals surface area contributed by atoms with E-state index in [4.69, 9.17) is 0 Å². The summed E-state index contributed by atoms with van der Waals surface area (Å²) in [6.07, 6.45) is 1.35. The first-order valence-corrected chi connectivity index (χ1v) is 5.97. The monoisotopic (exact) mass is 257 g/mol. The third-order valence-electron chi connectivity index (χ3n) is 3.26. The third-order valence-corrected chi connectivity index (χ3v) is 3.26. The van der Waals surface area contributed by atoms with Crippen LogP contribution in [0.5, 0.6) is 0 Å². The molecule has 0 spiro atoms. The van der Waals surface area contributed by atoms with Crippen LogP contribution in [0.3, 0.4) is 0 Å². The molecule has 0 saturated carbocycles. The van der Waals surface area contributed by atoms with Gasteiger partial charge in [0.05, 0.1) is 5.52 Å². The highest BCUT2D eigenvalue weighted by molar-refractivity contribution is 6.01. The molecule has 96 valence electrons. The molecule has 1 atom stereocenters. The summed E-state index contributed by atoms with van der Waals surface area (Å²) in [7, 11) is 0. The second-order valence-corrected chi connectivity index (χ2v) is 4.43. The molecule has 1 unspecified atom stereocenters. The van der Waals surface area contributed by atoms with Gasteiger partial charge in [-0.05, 0) is 12.5 Å². The first kappa shape index (κ1) is 11.6. The van der Waals surface area contributed by atoms with Crippen molar-refractivity contribution < 1.29 is 14.4 Å². The van der Waals surface area contributed by atoms with Crippen LogP contribution in [0.15, 0.2) is 24.3 Å². The number of aromatic nitrogens is 2. The molecule has 1 aliphatic rings. The highest BCUT2D eigenvalue weighted by Crippen LogP contribution is 2.25. The van der Waals surface area contributed by atoms with Crippen LogP contribution in [0, 0.1) is 0 Å². The Labute approximate surface area is 108 Å². The summed E-state index contributed by atoms with van der Waals surface area (Å²) in [5.41, 5.74) is 1.03. The van der Waals surface area contributed by atoms with Crippen LogP contribution < -0.4 is 5.32 Å². The van der Waals surface area contributed by atoms with Gasteiger partial charge >= 0.3 is 0 Å². The van der Waals surface area contributed by atoms with Crippen LogP contribution in [-0.4, -0.2) is 27.9 Å². The standard InChI is InChI=1S/C13H11N3O3/c17-7-9-8-3-1-2-4-10(8)16(15-9)11-5-6-12(18)14-13(11)19/h1-4,7,11H,5-6H2,(H,14,18,19). The Balaban J connectivity index is 2.12. The molecule has 2 amide bonds. The molecular formula is C13H11N3O3. The normalized spacial score (nSPS) is 19.5. The number of para-hydroxylation sites is 1. The summed E-state index contributed by atoms with van der Waals surface area (Å²) >= 11 is 0. The van der Waals surface area contributed by atoms with Crippen molar-refractivity contribution in [2.75, 3.05) is 0 Å². The number of imide groups is 1. The van der Waals surface area contributed by atoms with Gasteiger partial charge in [0.25, 0.3) is 5.91 Å². The van der Waals surface area contributed by atoms with Crippen molar-refractivity contribution in [1.29, 1.82) is 0 Å². The number of piperidine rings is 1. The number of benzene rings is 1. The molecule has 19 heavy (non-hydrogen) atoms.